The summed E-state index contributed by atoms with van der Waals surface area (Å²) in [6.07, 6.45) is 2.78. The molecule has 0 spiro atoms. The van der Waals surface area contributed by atoms with Crippen LogP contribution in [-0.2, 0) is 0 Å². The van der Waals surface area contributed by atoms with Crippen LogP contribution in [0.5, 0.6) is 0 Å². The molecular weight excluding hydrogens is 241 g/mol. The maximum atomic E-state index is 13.5. The van der Waals surface area contributed by atoms with Crippen LogP contribution in [0, 0.1) is 5.82 Å². The lowest BCUT2D eigenvalue weighted by Crippen LogP contribution is -2.17. The number of carbonyl (C=O) groups is 2. The number of hydrogen-bond acceptors (Lipinski definition) is 3. The molecule has 3 N–H and O–H groups in total. The number of nitrogens with one attached hydrogen (secondary N) is 2. The quantitative estimate of drug-likeness (QED) is 0.768. The van der Waals surface area contributed by atoms with Crippen LogP contribution < -0.4 is 5.32 Å². The highest BCUT2D eigenvalue weighted by molar-refractivity contribution is 6.06. The fourth-order valence-corrected chi connectivity index (χ4v) is 1.39. The average molecular weight is 249 g/mol. The van der Waals surface area contributed by atoms with Gasteiger partial charge in [0.25, 0.3) is 5.91 Å². The van der Waals surface area contributed by atoms with Crippen molar-refractivity contribution in [1.82, 2.24) is 9.97 Å². The number of amides is 1. The molecule has 0 aliphatic heterocycles. The van der Waals surface area contributed by atoms with Gasteiger partial charge in [-0.1, -0.05) is 6.07 Å². The van der Waals surface area contributed by atoms with Crippen molar-refractivity contribution in [1.29, 1.82) is 0 Å². The number of H-pyrrole nitrogens is 1. The van der Waals surface area contributed by atoms with Crippen molar-refractivity contribution in [2.75, 3.05) is 5.32 Å². The number of aromatic nitrogens is 2. The SMILES string of the molecule is O=C(Nc1c(F)cccc1C(=O)O)c1ncc[nH]1. The first-order chi connectivity index (χ1) is 8.59. The summed E-state index contributed by atoms with van der Waals surface area (Å²) in [5.41, 5.74) is -0.707. The molecule has 6 nitrogen and oxygen atoms in total. The van der Waals surface area contributed by atoms with Crippen molar-refractivity contribution in [3.05, 3.63) is 47.8 Å². The van der Waals surface area contributed by atoms with E-state index in [1.807, 2.05) is 0 Å². The molecule has 2 rings (SSSR count). The summed E-state index contributed by atoms with van der Waals surface area (Å²) in [6, 6.07) is 3.51. The second-order valence-electron chi connectivity index (χ2n) is 3.36. The topological polar surface area (TPSA) is 95.1 Å². The monoisotopic (exact) mass is 249 g/mol. The van der Waals surface area contributed by atoms with Gasteiger partial charge in [0, 0.05) is 12.4 Å². The van der Waals surface area contributed by atoms with Gasteiger partial charge in [0.1, 0.15) is 5.82 Å². The molecule has 7 heteroatoms. The molecule has 0 aliphatic carbocycles. The van der Waals surface area contributed by atoms with E-state index in [0.29, 0.717) is 0 Å². The van der Waals surface area contributed by atoms with Gasteiger partial charge in [-0.05, 0) is 12.1 Å². The Kier molecular flexibility index (Phi) is 3.05. The number of anilines is 1. The molecule has 0 fully saturated rings. The van der Waals surface area contributed by atoms with E-state index in [1.54, 1.807) is 0 Å². The predicted octanol–water partition coefficient (Wildman–Crippen LogP) is 1.50. The lowest BCUT2D eigenvalue weighted by molar-refractivity contribution is 0.0697. The minimum atomic E-state index is -1.33. The zero-order chi connectivity index (χ0) is 13.1. The van der Waals surface area contributed by atoms with Crippen LogP contribution in [0.4, 0.5) is 10.1 Å². The number of carbonyl (C=O) groups excluding carboxylic acids is 1. The molecule has 92 valence electrons. The number of hydrogen-bond donors (Lipinski definition) is 3. The van der Waals surface area contributed by atoms with Crippen molar-refractivity contribution in [2.45, 2.75) is 0 Å². The van der Waals surface area contributed by atoms with E-state index < -0.39 is 17.7 Å². The van der Waals surface area contributed by atoms with Gasteiger partial charge in [0.2, 0.25) is 0 Å². The molecule has 18 heavy (non-hydrogen) atoms. The van der Waals surface area contributed by atoms with E-state index in [0.717, 1.165) is 6.07 Å². The summed E-state index contributed by atoms with van der Waals surface area (Å²) in [4.78, 5) is 28.7. The number of imidazole rings is 1. The lowest BCUT2D eigenvalue weighted by atomic mass is 10.1. The number of halogens is 1. The molecule has 0 radical (unpaired) electrons. The Bertz CT molecular complexity index is 596. The molecule has 1 aromatic carbocycles. The molecule has 0 saturated heterocycles. The normalized spacial score (nSPS) is 10.1. The molecule has 0 unspecified atom stereocenters. The largest absolute Gasteiger partial charge is 0.478 e. The highest BCUT2D eigenvalue weighted by atomic mass is 19.1. The Morgan fingerprint density at radius 2 is 2.17 bits per heavy atom. The van der Waals surface area contributed by atoms with Crippen LogP contribution in [0.15, 0.2) is 30.6 Å². The minimum absolute atomic E-state index is 0.0328. The van der Waals surface area contributed by atoms with Crippen LogP contribution in [-0.4, -0.2) is 27.0 Å². The first kappa shape index (κ1) is 11.8. The maximum Gasteiger partial charge on any atom is 0.337 e. The van der Waals surface area contributed by atoms with Crippen molar-refractivity contribution in [3.8, 4) is 0 Å². The smallest absolute Gasteiger partial charge is 0.337 e. The van der Waals surface area contributed by atoms with Crippen LogP contribution in [0.25, 0.3) is 0 Å². The highest BCUT2D eigenvalue weighted by Crippen LogP contribution is 2.20. The van der Waals surface area contributed by atoms with Gasteiger partial charge in [0.05, 0.1) is 11.3 Å². The average Bonchev–Trinajstić information content (AvgIpc) is 2.85. The number of aromatic amines is 1. The number of carboxylic acid groups (broad SMARTS) is 1. The first-order valence-corrected chi connectivity index (χ1v) is 4.92. The van der Waals surface area contributed by atoms with Gasteiger partial charge < -0.3 is 15.4 Å². The Labute approximate surface area is 100 Å². The fraction of sp³-hybridized carbons (Fsp3) is 0. The van der Waals surface area contributed by atoms with E-state index in [1.165, 1.54) is 24.5 Å². The summed E-state index contributed by atoms with van der Waals surface area (Å²) < 4.78 is 13.5. The maximum absolute atomic E-state index is 13.5. The molecule has 0 bridgehead atoms. The van der Waals surface area contributed by atoms with E-state index in [9.17, 15) is 14.0 Å². The Hall–Kier alpha value is -2.70. The zero-order valence-electron chi connectivity index (χ0n) is 8.98. The van der Waals surface area contributed by atoms with Crippen molar-refractivity contribution < 1.29 is 19.1 Å². The van der Waals surface area contributed by atoms with E-state index >= 15 is 0 Å². The van der Waals surface area contributed by atoms with E-state index in [-0.39, 0.29) is 17.1 Å². The molecule has 0 aliphatic rings. The first-order valence-electron chi connectivity index (χ1n) is 4.92. The highest BCUT2D eigenvalue weighted by Gasteiger charge is 2.18. The number of para-hydroxylation sites is 1. The van der Waals surface area contributed by atoms with Gasteiger partial charge in [-0.2, -0.15) is 0 Å². The number of rotatable bonds is 3. The number of benzene rings is 1. The van der Waals surface area contributed by atoms with Crippen molar-refractivity contribution in [3.63, 3.8) is 0 Å². The standard InChI is InChI=1S/C11H8FN3O3/c12-7-3-1-2-6(11(17)18)8(7)15-10(16)9-13-4-5-14-9/h1-5H,(H,13,14)(H,15,16)(H,17,18). The molecule has 0 saturated carbocycles. The van der Waals surface area contributed by atoms with Gasteiger partial charge in [-0.25, -0.2) is 14.2 Å². The second kappa shape index (κ2) is 4.66. The molecular formula is C11H8FN3O3. The zero-order valence-corrected chi connectivity index (χ0v) is 8.98. The third-order valence-corrected chi connectivity index (χ3v) is 2.20. The van der Waals surface area contributed by atoms with E-state index in [2.05, 4.69) is 15.3 Å². The summed E-state index contributed by atoms with van der Waals surface area (Å²) >= 11 is 0. The summed E-state index contributed by atoms with van der Waals surface area (Å²) in [5, 5.41) is 11.1. The number of aromatic carboxylic acids is 1. The lowest BCUT2D eigenvalue weighted by Gasteiger charge is -2.08. The Morgan fingerprint density at radius 1 is 1.39 bits per heavy atom. The van der Waals surface area contributed by atoms with Gasteiger partial charge in [-0.3, -0.25) is 4.79 Å². The number of carboxylic acids is 1. The summed E-state index contributed by atoms with van der Waals surface area (Å²) in [7, 11) is 0. The minimum Gasteiger partial charge on any atom is -0.478 e. The summed E-state index contributed by atoms with van der Waals surface area (Å²) in [6.45, 7) is 0. The van der Waals surface area contributed by atoms with Crippen LogP contribution >= 0.6 is 0 Å². The predicted molar refractivity (Wildman–Crippen MR) is 59.9 cm³/mol. The van der Waals surface area contributed by atoms with Crippen molar-refractivity contribution >= 4 is 17.6 Å². The molecule has 0 atom stereocenters. The van der Waals surface area contributed by atoms with Crippen molar-refractivity contribution in [2.24, 2.45) is 0 Å². The third-order valence-electron chi connectivity index (χ3n) is 2.20. The molecule has 1 aromatic heterocycles. The Balaban J connectivity index is 2.34. The van der Waals surface area contributed by atoms with E-state index in [4.69, 9.17) is 5.11 Å². The fourth-order valence-electron chi connectivity index (χ4n) is 1.39. The Morgan fingerprint density at radius 3 is 2.78 bits per heavy atom. The van der Waals surface area contributed by atoms with Gasteiger partial charge in [-0.15, -0.1) is 0 Å². The van der Waals surface area contributed by atoms with Crippen LogP contribution in [0.3, 0.4) is 0 Å². The van der Waals surface area contributed by atoms with Gasteiger partial charge >= 0.3 is 5.97 Å². The molecule has 1 heterocycles. The van der Waals surface area contributed by atoms with Gasteiger partial charge in [0.15, 0.2) is 5.82 Å². The second-order valence-corrected chi connectivity index (χ2v) is 3.36. The molecule has 1 amide bonds. The van der Waals surface area contributed by atoms with Crippen LogP contribution in [0.2, 0.25) is 0 Å². The summed E-state index contributed by atoms with van der Waals surface area (Å²) in [5.74, 6) is -2.90. The molecule has 2 aromatic rings. The van der Waals surface area contributed by atoms with Crippen LogP contribution in [0.1, 0.15) is 21.0 Å². The number of nitrogens with zero attached hydrogens (tertiary/aromatic N) is 1. The third kappa shape index (κ3) is 2.19.